The first-order valence-electron chi connectivity index (χ1n) is 12.5. The minimum absolute atomic E-state index is 0.0306. The summed E-state index contributed by atoms with van der Waals surface area (Å²) in [4.78, 5) is 18.5. The van der Waals surface area contributed by atoms with Crippen LogP contribution in [0.1, 0.15) is 34.7 Å². The van der Waals surface area contributed by atoms with Gasteiger partial charge in [0.1, 0.15) is 11.5 Å². The van der Waals surface area contributed by atoms with Gasteiger partial charge in [-0.3, -0.25) is 9.78 Å². The second kappa shape index (κ2) is 10.3. The highest BCUT2D eigenvalue weighted by molar-refractivity contribution is 7.90. The van der Waals surface area contributed by atoms with Crippen LogP contribution in [0.2, 0.25) is 0 Å². The number of amides is 1. The second-order valence-electron chi connectivity index (χ2n) is 9.73. The number of methoxy groups -OCH3 is 2. The van der Waals surface area contributed by atoms with Crippen molar-refractivity contribution in [1.82, 2.24) is 9.71 Å². The molecule has 8 nitrogen and oxygen atoms in total. The molecular formula is C30H30N2O6S. The van der Waals surface area contributed by atoms with E-state index in [1.165, 1.54) is 13.2 Å². The third-order valence-corrected chi connectivity index (χ3v) is 8.55. The first-order valence-corrected chi connectivity index (χ1v) is 14.0. The molecule has 0 spiro atoms. The van der Waals surface area contributed by atoms with Crippen LogP contribution in [0.3, 0.4) is 0 Å². The molecule has 1 fully saturated rings. The number of nitrogens with zero attached hydrogens (tertiary/aromatic N) is 1. The summed E-state index contributed by atoms with van der Waals surface area (Å²) >= 11 is 0. The Morgan fingerprint density at radius 1 is 1.00 bits per heavy atom. The van der Waals surface area contributed by atoms with Gasteiger partial charge in [-0.2, -0.15) is 0 Å². The van der Waals surface area contributed by atoms with E-state index in [0.717, 1.165) is 16.8 Å². The van der Waals surface area contributed by atoms with Crippen molar-refractivity contribution in [3.8, 4) is 11.5 Å². The number of pyridine rings is 1. The molecule has 9 heteroatoms. The molecule has 39 heavy (non-hydrogen) atoms. The van der Waals surface area contributed by atoms with Crippen LogP contribution in [0, 0.1) is 13.8 Å². The highest BCUT2D eigenvalue weighted by Gasteiger charge is 2.51. The van der Waals surface area contributed by atoms with E-state index in [1.807, 2.05) is 50.2 Å². The molecule has 3 aromatic carbocycles. The van der Waals surface area contributed by atoms with E-state index >= 15 is 0 Å². The standard InChI is InChI=1S/C30H30N2O6S/c1-19-8-15-27(37-4)25(16-19)30(17-22(18-38-30)21-10-12-23(36-3)13-11-21)29(33)32-39(34,35)28-7-5-6-26-24(28)14-9-20(2)31-26/h5-16,22H,17-18H2,1-4H3,(H,32,33)/t22-,30-/m1/s1. The van der Waals surface area contributed by atoms with Gasteiger partial charge in [-0.25, -0.2) is 13.1 Å². The number of sulfonamides is 1. The van der Waals surface area contributed by atoms with Crippen LogP contribution in [0.15, 0.2) is 77.7 Å². The zero-order valence-corrected chi connectivity index (χ0v) is 23.0. The van der Waals surface area contributed by atoms with Crippen molar-refractivity contribution in [2.75, 3.05) is 20.8 Å². The monoisotopic (exact) mass is 546 g/mol. The highest BCUT2D eigenvalue weighted by atomic mass is 32.2. The maximum atomic E-state index is 14.1. The number of hydrogen-bond donors (Lipinski definition) is 1. The highest BCUT2D eigenvalue weighted by Crippen LogP contribution is 2.47. The molecule has 2 heterocycles. The van der Waals surface area contributed by atoms with E-state index in [9.17, 15) is 13.2 Å². The maximum absolute atomic E-state index is 14.1. The normalized spacial score (nSPS) is 19.1. The van der Waals surface area contributed by atoms with Crippen LogP contribution in [0.25, 0.3) is 10.9 Å². The second-order valence-corrected chi connectivity index (χ2v) is 11.4. The van der Waals surface area contributed by atoms with Crippen LogP contribution >= 0.6 is 0 Å². The Morgan fingerprint density at radius 3 is 2.49 bits per heavy atom. The number of nitrogens with one attached hydrogen (secondary N) is 1. The van der Waals surface area contributed by atoms with Gasteiger partial charge in [0.2, 0.25) is 0 Å². The quantitative estimate of drug-likeness (QED) is 0.356. The van der Waals surface area contributed by atoms with Crippen molar-refractivity contribution < 1.29 is 27.4 Å². The molecular weight excluding hydrogens is 516 g/mol. The fourth-order valence-electron chi connectivity index (χ4n) is 5.13. The van der Waals surface area contributed by atoms with Crippen molar-refractivity contribution in [2.45, 2.75) is 36.7 Å². The maximum Gasteiger partial charge on any atom is 0.270 e. The average Bonchev–Trinajstić information content (AvgIpc) is 3.39. The molecule has 1 saturated heterocycles. The van der Waals surface area contributed by atoms with Crippen LogP contribution in [0.4, 0.5) is 0 Å². The average molecular weight is 547 g/mol. The van der Waals surface area contributed by atoms with Gasteiger partial charge in [-0.1, -0.05) is 29.8 Å². The first-order chi connectivity index (χ1) is 18.7. The summed E-state index contributed by atoms with van der Waals surface area (Å²) in [6.07, 6.45) is 0.219. The number of carbonyl (C=O) groups is 1. The largest absolute Gasteiger partial charge is 0.497 e. The molecule has 0 aliphatic carbocycles. The summed E-state index contributed by atoms with van der Waals surface area (Å²) in [5.74, 6) is 0.208. The Hall–Kier alpha value is -3.95. The number of carbonyl (C=O) groups excluding carboxylic acids is 1. The number of hydrogen-bond acceptors (Lipinski definition) is 7. The number of ether oxygens (including phenoxy) is 3. The van der Waals surface area contributed by atoms with Crippen LogP contribution in [-0.4, -0.2) is 40.1 Å². The molecule has 5 rings (SSSR count). The summed E-state index contributed by atoms with van der Waals surface area (Å²) in [5.41, 5.74) is 1.99. The summed E-state index contributed by atoms with van der Waals surface area (Å²) in [6.45, 7) is 3.94. The third-order valence-electron chi connectivity index (χ3n) is 7.16. The summed E-state index contributed by atoms with van der Waals surface area (Å²) in [5, 5.41) is 0.425. The molecule has 202 valence electrons. The number of benzene rings is 3. The zero-order valence-electron chi connectivity index (χ0n) is 22.2. The summed E-state index contributed by atoms with van der Waals surface area (Å²) < 4.78 is 46.8. The van der Waals surface area contributed by atoms with E-state index in [0.29, 0.717) is 28.0 Å². The number of aryl methyl sites for hydroxylation is 2. The van der Waals surface area contributed by atoms with E-state index in [2.05, 4.69) is 9.71 Å². The van der Waals surface area contributed by atoms with Crippen molar-refractivity contribution >= 4 is 26.8 Å². The van der Waals surface area contributed by atoms with Gasteiger partial charge in [0, 0.05) is 22.6 Å². The molecule has 1 aliphatic rings. The lowest BCUT2D eigenvalue weighted by Gasteiger charge is -2.29. The van der Waals surface area contributed by atoms with Crippen LogP contribution in [0.5, 0.6) is 11.5 Å². The van der Waals surface area contributed by atoms with E-state index < -0.39 is 21.5 Å². The van der Waals surface area contributed by atoms with Crippen molar-refractivity contribution in [1.29, 1.82) is 0 Å². The fraction of sp³-hybridized carbons (Fsp3) is 0.267. The Balaban J connectivity index is 1.57. The predicted molar refractivity (Wildman–Crippen MR) is 148 cm³/mol. The number of rotatable bonds is 7. The minimum Gasteiger partial charge on any atom is -0.497 e. The van der Waals surface area contributed by atoms with Crippen molar-refractivity contribution in [3.63, 3.8) is 0 Å². The predicted octanol–water partition coefficient (Wildman–Crippen LogP) is 4.77. The van der Waals surface area contributed by atoms with Crippen molar-refractivity contribution in [2.24, 2.45) is 0 Å². The minimum atomic E-state index is -4.28. The summed E-state index contributed by atoms with van der Waals surface area (Å²) in [6, 6.07) is 21.2. The van der Waals surface area contributed by atoms with Gasteiger partial charge < -0.3 is 14.2 Å². The fourth-order valence-corrected chi connectivity index (χ4v) is 6.36. The van der Waals surface area contributed by atoms with Gasteiger partial charge in [0.05, 0.1) is 31.2 Å². The Bertz CT molecular complexity index is 1650. The van der Waals surface area contributed by atoms with Crippen LogP contribution in [-0.2, 0) is 25.2 Å². The molecule has 4 aromatic rings. The molecule has 1 N–H and O–H groups in total. The van der Waals surface area contributed by atoms with Gasteiger partial charge >= 0.3 is 0 Å². The zero-order chi connectivity index (χ0) is 27.8. The molecule has 1 aliphatic heterocycles. The number of fused-ring (bicyclic) bond motifs is 1. The lowest BCUT2D eigenvalue weighted by Crippen LogP contribution is -2.46. The van der Waals surface area contributed by atoms with Gasteiger partial charge in [-0.05, 0) is 74.4 Å². The lowest BCUT2D eigenvalue weighted by atomic mass is 9.83. The van der Waals surface area contributed by atoms with E-state index in [-0.39, 0.29) is 23.8 Å². The van der Waals surface area contributed by atoms with Crippen molar-refractivity contribution in [3.05, 3.63) is 95.2 Å². The molecule has 0 saturated carbocycles. The Labute approximate surface area is 228 Å². The smallest absolute Gasteiger partial charge is 0.270 e. The molecule has 0 bridgehead atoms. The van der Waals surface area contributed by atoms with E-state index in [4.69, 9.17) is 14.2 Å². The number of aromatic nitrogens is 1. The Kier molecular flexibility index (Phi) is 7.05. The Morgan fingerprint density at radius 2 is 1.77 bits per heavy atom. The van der Waals surface area contributed by atoms with Gasteiger partial charge in [0.25, 0.3) is 15.9 Å². The molecule has 0 unspecified atom stereocenters. The lowest BCUT2D eigenvalue weighted by molar-refractivity contribution is -0.140. The SMILES string of the molecule is COc1ccc([C@H]2CO[C@@](C(=O)NS(=O)(=O)c3cccc4nc(C)ccc34)(c3cc(C)ccc3OC)C2)cc1. The first kappa shape index (κ1) is 26.6. The third kappa shape index (κ3) is 4.95. The summed E-state index contributed by atoms with van der Waals surface area (Å²) in [7, 11) is -1.17. The molecule has 2 atom stereocenters. The van der Waals surface area contributed by atoms with Gasteiger partial charge in [0.15, 0.2) is 5.60 Å². The topological polar surface area (TPSA) is 104 Å². The van der Waals surface area contributed by atoms with E-state index in [1.54, 1.807) is 37.4 Å². The van der Waals surface area contributed by atoms with Gasteiger partial charge in [-0.15, -0.1) is 0 Å². The molecule has 1 amide bonds. The van der Waals surface area contributed by atoms with Crippen LogP contribution < -0.4 is 14.2 Å². The molecule has 1 aromatic heterocycles. The molecule has 0 radical (unpaired) electrons.